The number of methoxy groups -OCH3 is 1. The summed E-state index contributed by atoms with van der Waals surface area (Å²) < 4.78 is 16.4. The van der Waals surface area contributed by atoms with Gasteiger partial charge >= 0.3 is 5.97 Å². The molecule has 0 heterocycles. The molecule has 5 nitrogen and oxygen atoms in total. The fraction of sp³-hybridized carbons (Fsp3) is 0.208. The Morgan fingerprint density at radius 1 is 0.968 bits per heavy atom. The Hall–Kier alpha value is -2.89. The second-order valence-corrected chi connectivity index (χ2v) is 7.52. The number of hydrogen-bond donors (Lipinski definition) is 1. The summed E-state index contributed by atoms with van der Waals surface area (Å²) in [5.41, 5.74) is 3.28. The minimum atomic E-state index is -0.334. The summed E-state index contributed by atoms with van der Waals surface area (Å²) in [7, 11) is 1.58. The molecule has 0 fully saturated rings. The molecule has 0 radical (unpaired) electrons. The molecule has 0 unspecified atom stereocenters. The normalized spacial score (nSPS) is 10.5. The van der Waals surface area contributed by atoms with Crippen LogP contribution in [-0.2, 0) is 17.9 Å². The average Bonchev–Trinajstić information content (AvgIpc) is 2.78. The summed E-state index contributed by atoms with van der Waals surface area (Å²) in [5.74, 6) is 0.706. The van der Waals surface area contributed by atoms with Crippen molar-refractivity contribution in [2.75, 3.05) is 19.0 Å². The van der Waals surface area contributed by atoms with E-state index < -0.39 is 0 Å². The number of carbonyl (C=O) groups excluding carboxylic acids is 1. The van der Waals surface area contributed by atoms with Gasteiger partial charge in [0.15, 0.2) is 11.5 Å². The minimum absolute atomic E-state index is 0.334. The third-order valence-electron chi connectivity index (χ3n) is 4.48. The van der Waals surface area contributed by atoms with E-state index in [1.54, 1.807) is 26.2 Å². The molecule has 31 heavy (non-hydrogen) atoms. The van der Waals surface area contributed by atoms with Crippen LogP contribution in [0.3, 0.4) is 0 Å². The van der Waals surface area contributed by atoms with E-state index in [2.05, 4.69) is 5.32 Å². The van der Waals surface area contributed by atoms with Crippen molar-refractivity contribution in [3.8, 4) is 11.5 Å². The number of hydrogen-bond acceptors (Lipinski definition) is 5. The molecule has 0 aliphatic heterocycles. The van der Waals surface area contributed by atoms with Gasteiger partial charge in [-0.2, -0.15) is 0 Å². The van der Waals surface area contributed by atoms with Crippen molar-refractivity contribution < 1.29 is 19.0 Å². The lowest BCUT2D eigenvalue weighted by Gasteiger charge is -2.15. The quantitative estimate of drug-likeness (QED) is 0.376. The number of nitrogens with one attached hydrogen (secondary N) is 1. The fourth-order valence-corrected chi connectivity index (χ4v) is 3.31. The van der Waals surface area contributed by atoms with Crippen molar-refractivity contribution in [1.29, 1.82) is 0 Å². The number of ether oxygens (including phenoxy) is 3. The smallest absolute Gasteiger partial charge is 0.338 e. The Labute approximate surface area is 191 Å². The van der Waals surface area contributed by atoms with Crippen molar-refractivity contribution in [1.82, 2.24) is 0 Å². The van der Waals surface area contributed by atoms with Gasteiger partial charge in [-0.3, -0.25) is 0 Å². The predicted octanol–water partition coefficient (Wildman–Crippen LogP) is 6.37. The summed E-state index contributed by atoms with van der Waals surface area (Å²) >= 11 is 12.4. The first-order chi connectivity index (χ1) is 15.0. The van der Waals surface area contributed by atoms with Crippen LogP contribution in [0.1, 0.15) is 28.4 Å². The summed E-state index contributed by atoms with van der Waals surface area (Å²) in [4.78, 5) is 11.7. The standard InChI is InChI=1S/C24H23Cl2NO4/c1-3-30-24(28)18-6-10-20(11-7-18)27-14-17-12-21(26)23(22(13-17)29-2)31-15-16-4-8-19(25)9-5-16/h4-13,27H,3,14-15H2,1-2H3. The fourth-order valence-electron chi connectivity index (χ4n) is 2.89. The summed E-state index contributed by atoms with van der Waals surface area (Å²) in [6.45, 7) is 2.99. The Kier molecular flexibility index (Phi) is 8.04. The first-order valence-electron chi connectivity index (χ1n) is 9.75. The molecule has 0 atom stereocenters. The van der Waals surface area contributed by atoms with Crippen molar-refractivity contribution in [3.05, 3.63) is 87.4 Å². The molecule has 0 aliphatic rings. The molecule has 0 amide bonds. The van der Waals surface area contributed by atoms with Crippen LogP contribution >= 0.6 is 23.2 Å². The van der Waals surface area contributed by atoms with Gasteiger partial charge in [0, 0.05) is 17.3 Å². The zero-order valence-corrected chi connectivity index (χ0v) is 18.8. The van der Waals surface area contributed by atoms with Crippen molar-refractivity contribution in [2.45, 2.75) is 20.1 Å². The molecular weight excluding hydrogens is 437 g/mol. The van der Waals surface area contributed by atoms with E-state index in [-0.39, 0.29) is 5.97 Å². The molecule has 3 aromatic rings. The number of benzene rings is 3. The highest BCUT2D eigenvalue weighted by Crippen LogP contribution is 2.37. The van der Waals surface area contributed by atoms with Crippen molar-refractivity contribution in [2.24, 2.45) is 0 Å². The largest absolute Gasteiger partial charge is 0.493 e. The molecule has 0 aromatic heterocycles. The van der Waals surface area contributed by atoms with Gasteiger partial charge in [0.05, 0.1) is 24.3 Å². The van der Waals surface area contributed by atoms with E-state index in [0.717, 1.165) is 16.8 Å². The van der Waals surface area contributed by atoms with Gasteiger partial charge in [-0.05, 0) is 66.6 Å². The Morgan fingerprint density at radius 2 is 1.68 bits per heavy atom. The van der Waals surface area contributed by atoms with Gasteiger partial charge in [0.2, 0.25) is 0 Å². The highest BCUT2D eigenvalue weighted by atomic mass is 35.5. The van der Waals surface area contributed by atoms with Crippen LogP contribution in [0.2, 0.25) is 10.0 Å². The average molecular weight is 460 g/mol. The minimum Gasteiger partial charge on any atom is -0.493 e. The molecule has 3 rings (SSSR count). The first kappa shape index (κ1) is 22.8. The number of esters is 1. The number of halogens is 2. The zero-order valence-electron chi connectivity index (χ0n) is 17.3. The highest BCUT2D eigenvalue weighted by molar-refractivity contribution is 6.32. The lowest BCUT2D eigenvalue weighted by Crippen LogP contribution is -2.05. The van der Waals surface area contributed by atoms with Crippen LogP contribution in [0, 0.1) is 0 Å². The second kappa shape index (κ2) is 10.9. The van der Waals surface area contributed by atoms with Gasteiger partial charge in [-0.15, -0.1) is 0 Å². The second-order valence-electron chi connectivity index (χ2n) is 6.68. The third kappa shape index (κ3) is 6.29. The van der Waals surface area contributed by atoms with Crippen LogP contribution in [0.15, 0.2) is 60.7 Å². The Morgan fingerprint density at radius 3 is 2.32 bits per heavy atom. The Bertz CT molecular complexity index is 1020. The monoisotopic (exact) mass is 459 g/mol. The van der Waals surface area contributed by atoms with E-state index in [1.165, 1.54) is 0 Å². The first-order valence-corrected chi connectivity index (χ1v) is 10.5. The maximum atomic E-state index is 11.7. The highest BCUT2D eigenvalue weighted by Gasteiger charge is 2.13. The lowest BCUT2D eigenvalue weighted by molar-refractivity contribution is 0.0526. The van der Waals surface area contributed by atoms with Gasteiger partial charge in [0.1, 0.15) is 6.61 Å². The van der Waals surface area contributed by atoms with E-state index >= 15 is 0 Å². The van der Waals surface area contributed by atoms with E-state index in [9.17, 15) is 4.79 Å². The maximum Gasteiger partial charge on any atom is 0.338 e. The van der Waals surface area contributed by atoms with Crippen LogP contribution in [-0.4, -0.2) is 19.7 Å². The van der Waals surface area contributed by atoms with E-state index in [4.69, 9.17) is 37.4 Å². The van der Waals surface area contributed by atoms with Crippen LogP contribution in [0.4, 0.5) is 5.69 Å². The van der Waals surface area contributed by atoms with Gasteiger partial charge in [-0.25, -0.2) is 4.79 Å². The SMILES string of the molecule is CCOC(=O)c1ccc(NCc2cc(Cl)c(OCc3ccc(Cl)cc3)c(OC)c2)cc1. The maximum absolute atomic E-state index is 11.7. The molecule has 7 heteroatoms. The van der Waals surface area contributed by atoms with Gasteiger partial charge in [0.25, 0.3) is 0 Å². The number of rotatable bonds is 9. The molecule has 3 aromatic carbocycles. The molecule has 0 bridgehead atoms. The van der Waals surface area contributed by atoms with E-state index in [0.29, 0.717) is 46.9 Å². The van der Waals surface area contributed by atoms with Crippen LogP contribution < -0.4 is 14.8 Å². The van der Waals surface area contributed by atoms with Crippen molar-refractivity contribution >= 4 is 34.9 Å². The predicted molar refractivity (Wildman–Crippen MR) is 124 cm³/mol. The molecular formula is C24H23Cl2NO4. The topological polar surface area (TPSA) is 56.8 Å². The summed E-state index contributed by atoms with van der Waals surface area (Å²) in [6.07, 6.45) is 0. The number of anilines is 1. The van der Waals surface area contributed by atoms with E-state index in [1.807, 2.05) is 48.5 Å². The lowest BCUT2D eigenvalue weighted by atomic mass is 10.1. The van der Waals surface area contributed by atoms with Gasteiger partial charge in [-0.1, -0.05) is 35.3 Å². The molecule has 1 N–H and O–H groups in total. The van der Waals surface area contributed by atoms with Crippen LogP contribution in [0.25, 0.3) is 0 Å². The zero-order chi connectivity index (χ0) is 22.2. The molecule has 162 valence electrons. The molecule has 0 aliphatic carbocycles. The van der Waals surface area contributed by atoms with Crippen LogP contribution in [0.5, 0.6) is 11.5 Å². The van der Waals surface area contributed by atoms with Crippen molar-refractivity contribution in [3.63, 3.8) is 0 Å². The Balaban J connectivity index is 1.65. The van der Waals surface area contributed by atoms with Gasteiger partial charge < -0.3 is 19.5 Å². The molecule has 0 saturated heterocycles. The molecule has 0 spiro atoms. The summed E-state index contributed by atoms with van der Waals surface area (Å²) in [6, 6.07) is 18.2. The summed E-state index contributed by atoms with van der Waals surface area (Å²) in [5, 5.41) is 4.43. The number of carbonyl (C=O) groups is 1. The molecule has 0 saturated carbocycles. The third-order valence-corrected chi connectivity index (χ3v) is 5.01.